The van der Waals surface area contributed by atoms with Crippen molar-refractivity contribution in [2.75, 3.05) is 6.61 Å². The van der Waals surface area contributed by atoms with Gasteiger partial charge in [0, 0.05) is 11.6 Å². The normalized spacial score (nSPS) is 20.7. The lowest BCUT2D eigenvalue weighted by Gasteiger charge is -1.98. The number of aryl methyl sites for hydroxylation is 1. The summed E-state index contributed by atoms with van der Waals surface area (Å²) in [5.41, 5.74) is 1.66. The van der Waals surface area contributed by atoms with Gasteiger partial charge in [-0.05, 0) is 32.4 Å². The van der Waals surface area contributed by atoms with E-state index >= 15 is 0 Å². The summed E-state index contributed by atoms with van der Waals surface area (Å²) in [6, 6.07) is 5.72. The Bertz CT molecular complexity index is 638. The highest BCUT2D eigenvalue weighted by molar-refractivity contribution is 5.77. The molecular formula is C14H16N4O2. The van der Waals surface area contributed by atoms with Crippen LogP contribution in [0.3, 0.4) is 0 Å². The number of esters is 1. The summed E-state index contributed by atoms with van der Waals surface area (Å²) >= 11 is 0. The number of carbonyl (C=O) groups is 1. The molecule has 6 nitrogen and oxygen atoms in total. The van der Waals surface area contributed by atoms with Crippen LogP contribution in [0.5, 0.6) is 0 Å². The third kappa shape index (κ3) is 2.41. The highest BCUT2D eigenvalue weighted by atomic mass is 16.5. The molecule has 2 atom stereocenters. The van der Waals surface area contributed by atoms with Gasteiger partial charge in [-0.25, -0.2) is 9.97 Å². The summed E-state index contributed by atoms with van der Waals surface area (Å²) in [6.07, 6.45) is 0.773. The van der Waals surface area contributed by atoms with Gasteiger partial charge >= 0.3 is 5.97 Å². The first-order valence-corrected chi connectivity index (χ1v) is 6.72. The van der Waals surface area contributed by atoms with E-state index in [1.165, 1.54) is 0 Å². The van der Waals surface area contributed by atoms with Crippen molar-refractivity contribution in [1.82, 2.24) is 20.2 Å². The van der Waals surface area contributed by atoms with Crippen LogP contribution >= 0.6 is 0 Å². The number of hydrogen-bond donors (Lipinski definition) is 1. The van der Waals surface area contributed by atoms with E-state index in [0.717, 1.165) is 23.6 Å². The van der Waals surface area contributed by atoms with E-state index in [1.54, 1.807) is 0 Å². The minimum Gasteiger partial charge on any atom is -0.466 e. The number of rotatable bonds is 4. The van der Waals surface area contributed by atoms with Gasteiger partial charge in [-0.15, -0.1) is 0 Å². The molecule has 2 heterocycles. The fourth-order valence-corrected chi connectivity index (χ4v) is 2.23. The molecule has 0 spiro atoms. The zero-order chi connectivity index (χ0) is 14.1. The Morgan fingerprint density at radius 1 is 1.45 bits per heavy atom. The number of ether oxygens (including phenoxy) is 1. The molecule has 3 rings (SSSR count). The first kappa shape index (κ1) is 12.8. The number of nitrogens with one attached hydrogen (secondary N) is 1. The number of carbonyl (C=O) groups excluding carboxylic acids is 1. The molecule has 1 N–H and O–H groups in total. The van der Waals surface area contributed by atoms with Crippen molar-refractivity contribution in [2.24, 2.45) is 5.92 Å². The van der Waals surface area contributed by atoms with Gasteiger partial charge in [0.05, 0.1) is 12.5 Å². The Hall–Kier alpha value is -2.24. The molecule has 2 aromatic heterocycles. The molecule has 0 aliphatic heterocycles. The highest BCUT2D eigenvalue weighted by Crippen LogP contribution is 2.46. The van der Waals surface area contributed by atoms with Crippen LogP contribution in [0.4, 0.5) is 0 Å². The average molecular weight is 272 g/mol. The predicted molar refractivity (Wildman–Crippen MR) is 71.8 cm³/mol. The van der Waals surface area contributed by atoms with E-state index in [0.29, 0.717) is 12.4 Å². The van der Waals surface area contributed by atoms with E-state index in [4.69, 9.17) is 4.74 Å². The van der Waals surface area contributed by atoms with Gasteiger partial charge in [0.25, 0.3) is 0 Å². The standard InChI is InChI=1S/C14H16N4O2/c1-3-20-14(19)10-7-9(10)12-16-13(18-17-12)11-6-4-5-8(2)15-11/h4-6,9-10H,3,7H2,1-2H3,(H,16,17,18)/t9-,10-/m1/s1. The maximum Gasteiger partial charge on any atom is 0.309 e. The van der Waals surface area contributed by atoms with Crippen LogP contribution in [0, 0.1) is 12.8 Å². The Labute approximate surface area is 116 Å². The molecule has 0 aromatic carbocycles. The van der Waals surface area contributed by atoms with Crippen molar-refractivity contribution in [2.45, 2.75) is 26.2 Å². The van der Waals surface area contributed by atoms with Crippen molar-refractivity contribution < 1.29 is 9.53 Å². The van der Waals surface area contributed by atoms with E-state index in [2.05, 4.69) is 20.2 Å². The number of H-pyrrole nitrogens is 1. The van der Waals surface area contributed by atoms with E-state index in [9.17, 15) is 4.79 Å². The van der Waals surface area contributed by atoms with Crippen LogP contribution in [0.2, 0.25) is 0 Å². The topological polar surface area (TPSA) is 80.8 Å². The van der Waals surface area contributed by atoms with E-state index < -0.39 is 0 Å². The summed E-state index contributed by atoms with van der Waals surface area (Å²) < 4.78 is 5.01. The molecule has 6 heteroatoms. The van der Waals surface area contributed by atoms with Gasteiger partial charge < -0.3 is 4.74 Å². The first-order chi connectivity index (χ1) is 9.69. The lowest BCUT2D eigenvalue weighted by molar-refractivity contribution is -0.144. The largest absolute Gasteiger partial charge is 0.466 e. The van der Waals surface area contributed by atoms with E-state index in [-0.39, 0.29) is 17.8 Å². The van der Waals surface area contributed by atoms with Crippen molar-refractivity contribution in [3.63, 3.8) is 0 Å². The lowest BCUT2D eigenvalue weighted by Crippen LogP contribution is -2.07. The summed E-state index contributed by atoms with van der Waals surface area (Å²) in [5.74, 6) is 1.17. The SMILES string of the molecule is CCOC(=O)[C@@H]1C[C@H]1c1nc(-c2cccc(C)n2)n[nH]1. The average Bonchev–Trinajstić information content (AvgIpc) is 3.09. The Morgan fingerprint density at radius 3 is 3.05 bits per heavy atom. The summed E-state index contributed by atoms with van der Waals surface area (Å²) in [6.45, 7) is 4.15. The third-order valence-electron chi connectivity index (χ3n) is 3.35. The molecule has 0 saturated heterocycles. The van der Waals surface area contributed by atoms with Crippen LogP contribution in [-0.2, 0) is 9.53 Å². The predicted octanol–water partition coefficient (Wildman–Crippen LogP) is 1.84. The van der Waals surface area contributed by atoms with E-state index in [1.807, 2.05) is 32.0 Å². The molecule has 1 aliphatic carbocycles. The van der Waals surface area contributed by atoms with Crippen molar-refractivity contribution >= 4 is 5.97 Å². The number of pyridine rings is 1. The third-order valence-corrected chi connectivity index (χ3v) is 3.35. The van der Waals surface area contributed by atoms with Crippen LogP contribution in [0.1, 0.15) is 30.8 Å². The zero-order valence-corrected chi connectivity index (χ0v) is 11.5. The highest BCUT2D eigenvalue weighted by Gasteiger charge is 2.47. The Morgan fingerprint density at radius 2 is 2.30 bits per heavy atom. The second-order valence-electron chi connectivity index (χ2n) is 4.91. The molecule has 1 saturated carbocycles. The maximum absolute atomic E-state index is 11.6. The second-order valence-corrected chi connectivity index (χ2v) is 4.91. The van der Waals surface area contributed by atoms with Crippen LogP contribution in [-0.4, -0.2) is 32.7 Å². The van der Waals surface area contributed by atoms with Gasteiger partial charge in [-0.3, -0.25) is 9.89 Å². The monoisotopic (exact) mass is 272 g/mol. The van der Waals surface area contributed by atoms with Crippen LogP contribution < -0.4 is 0 Å². The van der Waals surface area contributed by atoms with Gasteiger partial charge in [0.15, 0.2) is 5.82 Å². The molecule has 0 unspecified atom stereocenters. The number of hydrogen-bond acceptors (Lipinski definition) is 5. The van der Waals surface area contributed by atoms with Crippen molar-refractivity contribution in [3.05, 3.63) is 29.7 Å². The van der Waals surface area contributed by atoms with Crippen LogP contribution in [0.15, 0.2) is 18.2 Å². The van der Waals surface area contributed by atoms with Crippen LogP contribution in [0.25, 0.3) is 11.5 Å². The number of nitrogens with zero attached hydrogens (tertiary/aromatic N) is 3. The number of aromatic amines is 1. The molecule has 2 aromatic rings. The zero-order valence-electron chi connectivity index (χ0n) is 11.5. The molecule has 1 aliphatic rings. The quantitative estimate of drug-likeness (QED) is 0.859. The van der Waals surface area contributed by atoms with Gasteiger partial charge in [0.2, 0.25) is 0 Å². The Balaban J connectivity index is 1.74. The summed E-state index contributed by atoms with van der Waals surface area (Å²) in [5, 5.41) is 7.08. The lowest BCUT2D eigenvalue weighted by atomic mass is 10.3. The second kappa shape index (κ2) is 5.03. The number of aromatic nitrogens is 4. The van der Waals surface area contributed by atoms with Gasteiger partial charge in [0.1, 0.15) is 11.5 Å². The fourth-order valence-electron chi connectivity index (χ4n) is 2.23. The summed E-state index contributed by atoms with van der Waals surface area (Å²) in [4.78, 5) is 20.4. The molecule has 20 heavy (non-hydrogen) atoms. The van der Waals surface area contributed by atoms with Gasteiger partial charge in [-0.2, -0.15) is 5.10 Å². The molecule has 0 bridgehead atoms. The fraction of sp³-hybridized carbons (Fsp3) is 0.429. The van der Waals surface area contributed by atoms with Crippen molar-refractivity contribution in [3.8, 4) is 11.5 Å². The smallest absolute Gasteiger partial charge is 0.309 e. The molecular weight excluding hydrogens is 256 g/mol. The maximum atomic E-state index is 11.6. The Kier molecular flexibility index (Phi) is 3.22. The molecule has 1 fully saturated rings. The minimum absolute atomic E-state index is 0.0822. The minimum atomic E-state index is -0.149. The summed E-state index contributed by atoms with van der Waals surface area (Å²) in [7, 11) is 0. The molecule has 0 amide bonds. The van der Waals surface area contributed by atoms with Gasteiger partial charge in [-0.1, -0.05) is 6.07 Å². The van der Waals surface area contributed by atoms with Crippen molar-refractivity contribution in [1.29, 1.82) is 0 Å². The molecule has 0 radical (unpaired) electrons. The first-order valence-electron chi connectivity index (χ1n) is 6.72. The molecule has 104 valence electrons.